The first-order valence-electron chi connectivity index (χ1n) is 9.32. The minimum atomic E-state index is -4.62. The molecule has 1 aliphatic rings. The Hall–Kier alpha value is -3.21. The predicted molar refractivity (Wildman–Crippen MR) is 99.0 cm³/mol. The molecule has 3 aromatic heterocycles. The normalized spacial score (nSPS) is 16.4. The first-order chi connectivity index (χ1) is 14.3. The summed E-state index contributed by atoms with van der Waals surface area (Å²) in [6.07, 6.45) is -1.64. The van der Waals surface area contributed by atoms with Gasteiger partial charge in [-0.2, -0.15) is 23.4 Å². The van der Waals surface area contributed by atoms with Gasteiger partial charge in [0.15, 0.2) is 5.69 Å². The third kappa shape index (κ3) is 3.80. The van der Waals surface area contributed by atoms with Crippen molar-refractivity contribution < 1.29 is 23.1 Å². The van der Waals surface area contributed by atoms with Gasteiger partial charge in [0.1, 0.15) is 5.69 Å². The number of aliphatic hydroxyl groups is 1. The Morgan fingerprint density at radius 3 is 2.80 bits per heavy atom. The van der Waals surface area contributed by atoms with Crippen LogP contribution in [0.15, 0.2) is 30.5 Å². The highest BCUT2D eigenvalue weighted by Crippen LogP contribution is 2.31. The minimum Gasteiger partial charge on any atom is -0.390 e. The SMILES string of the molecule is Cn1nc(C(F)(F)F)cc1C(=O)N[C@H]1CCCn2nc(-c3ccnc(CO)c3)cc21. The Balaban J connectivity index is 1.59. The number of halogens is 3. The van der Waals surface area contributed by atoms with Crippen molar-refractivity contribution in [3.05, 3.63) is 53.2 Å². The van der Waals surface area contributed by atoms with E-state index in [1.165, 1.54) is 7.05 Å². The fraction of sp³-hybridized carbons (Fsp3) is 0.368. The summed E-state index contributed by atoms with van der Waals surface area (Å²) in [5.74, 6) is -0.631. The average molecular weight is 420 g/mol. The van der Waals surface area contributed by atoms with Gasteiger partial charge in [0.2, 0.25) is 0 Å². The van der Waals surface area contributed by atoms with Crippen LogP contribution >= 0.6 is 0 Å². The van der Waals surface area contributed by atoms with E-state index in [9.17, 15) is 23.1 Å². The minimum absolute atomic E-state index is 0.166. The van der Waals surface area contributed by atoms with Gasteiger partial charge in [0.05, 0.1) is 29.7 Å². The van der Waals surface area contributed by atoms with Crippen LogP contribution in [0.25, 0.3) is 11.3 Å². The number of pyridine rings is 1. The molecule has 2 N–H and O–H groups in total. The molecular weight excluding hydrogens is 401 g/mol. The number of aromatic nitrogens is 5. The smallest absolute Gasteiger partial charge is 0.390 e. The molecule has 0 fully saturated rings. The lowest BCUT2D eigenvalue weighted by atomic mass is 10.0. The van der Waals surface area contributed by atoms with E-state index < -0.39 is 23.8 Å². The number of carbonyl (C=O) groups is 1. The lowest BCUT2D eigenvalue weighted by Gasteiger charge is -2.24. The molecule has 1 atom stereocenters. The first-order valence-corrected chi connectivity index (χ1v) is 9.32. The van der Waals surface area contributed by atoms with Crippen LogP contribution in [0, 0.1) is 0 Å². The number of nitrogens with one attached hydrogen (secondary N) is 1. The summed E-state index contributed by atoms with van der Waals surface area (Å²) in [5.41, 5.74) is 1.46. The van der Waals surface area contributed by atoms with Crippen molar-refractivity contribution in [1.82, 2.24) is 29.9 Å². The number of carbonyl (C=O) groups excluding carboxylic acids is 1. The summed E-state index contributed by atoms with van der Waals surface area (Å²) in [6.45, 7) is 0.480. The summed E-state index contributed by atoms with van der Waals surface area (Å²) >= 11 is 0. The molecule has 4 heterocycles. The molecule has 11 heteroatoms. The molecule has 0 aromatic carbocycles. The number of aliphatic hydroxyl groups excluding tert-OH is 1. The second kappa shape index (κ2) is 7.56. The molecule has 0 bridgehead atoms. The van der Waals surface area contributed by atoms with Gasteiger partial charge in [-0.15, -0.1) is 0 Å². The Labute approximate surface area is 169 Å². The highest BCUT2D eigenvalue weighted by Gasteiger charge is 2.36. The van der Waals surface area contributed by atoms with Crippen molar-refractivity contribution in [2.75, 3.05) is 0 Å². The number of fused-ring (bicyclic) bond motifs is 1. The number of aryl methyl sites for hydroxylation is 2. The molecule has 0 saturated heterocycles. The Bertz CT molecular complexity index is 1090. The lowest BCUT2D eigenvalue weighted by Crippen LogP contribution is -2.33. The predicted octanol–water partition coefficient (Wildman–Crippen LogP) is 2.45. The van der Waals surface area contributed by atoms with Gasteiger partial charge < -0.3 is 10.4 Å². The summed E-state index contributed by atoms with van der Waals surface area (Å²) < 4.78 is 41.3. The zero-order chi connectivity index (χ0) is 21.5. The van der Waals surface area contributed by atoms with Crippen molar-refractivity contribution >= 4 is 5.91 Å². The third-order valence-electron chi connectivity index (χ3n) is 5.01. The summed E-state index contributed by atoms with van der Waals surface area (Å²) in [6, 6.07) is 5.70. The van der Waals surface area contributed by atoms with Crippen LogP contribution < -0.4 is 5.32 Å². The van der Waals surface area contributed by atoms with Crippen molar-refractivity contribution in [3.63, 3.8) is 0 Å². The first kappa shape index (κ1) is 20.1. The number of hydrogen-bond acceptors (Lipinski definition) is 5. The van der Waals surface area contributed by atoms with Crippen LogP contribution in [0.1, 0.15) is 46.5 Å². The summed E-state index contributed by atoms with van der Waals surface area (Å²) in [4.78, 5) is 16.7. The number of nitrogens with zero attached hydrogens (tertiary/aromatic N) is 5. The quantitative estimate of drug-likeness (QED) is 0.676. The zero-order valence-corrected chi connectivity index (χ0v) is 16.0. The number of amides is 1. The average Bonchev–Trinajstić information content (AvgIpc) is 3.32. The fourth-order valence-electron chi connectivity index (χ4n) is 3.55. The standard InChI is InChI=1S/C19H19F3N6O2/c1-27-16(9-17(26-27)19(20,21)22)18(30)24-13-3-2-6-28-15(13)8-14(25-28)11-4-5-23-12(7-11)10-29/h4-5,7-9,13,29H,2-3,6,10H2,1H3,(H,24,30)/t13-/m0/s1. The zero-order valence-electron chi connectivity index (χ0n) is 16.0. The Kier molecular flexibility index (Phi) is 5.06. The molecule has 158 valence electrons. The molecule has 0 radical (unpaired) electrons. The molecular formula is C19H19F3N6O2. The number of hydrogen-bond donors (Lipinski definition) is 2. The van der Waals surface area contributed by atoms with E-state index >= 15 is 0 Å². The maximum Gasteiger partial charge on any atom is 0.435 e. The molecule has 0 aliphatic carbocycles. The van der Waals surface area contributed by atoms with Crippen LogP contribution in [0.3, 0.4) is 0 Å². The Morgan fingerprint density at radius 2 is 2.10 bits per heavy atom. The largest absolute Gasteiger partial charge is 0.435 e. The topological polar surface area (TPSA) is 97.9 Å². The summed E-state index contributed by atoms with van der Waals surface area (Å²) in [7, 11) is 1.30. The molecule has 0 spiro atoms. The molecule has 1 amide bonds. The molecule has 0 saturated carbocycles. The van der Waals surface area contributed by atoms with Crippen molar-refractivity contribution in [2.24, 2.45) is 7.05 Å². The van der Waals surface area contributed by atoms with Gasteiger partial charge in [-0.25, -0.2) is 0 Å². The van der Waals surface area contributed by atoms with Gasteiger partial charge in [-0.1, -0.05) is 0 Å². The third-order valence-corrected chi connectivity index (χ3v) is 5.01. The van der Waals surface area contributed by atoms with E-state index in [-0.39, 0.29) is 12.3 Å². The maximum atomic E-state index is 12.9. The van der Waals surface area contributed by atoms with Gasteiger partial charge in [-0.05, 0) is 31.0 Å². The van der Waals surface area contributed by atoms with E-state index in [1.807, 2.05) is 6.07 Å². The van der Waals surface area contributed by atoms with Gasteiger partial charge in [0.25, 0.3) is 5.91 Å². The molecule has 0 unspecified atom stereocenters. The van der Waals surface area contributed by atoms with E-state index in [4.69, 9.17) is 0 Å². The monoisotopic (exact) mass is 420 g/mol. The molecule has 4 rings (SSSR count). The molecule has 1 aliphatic heterocycles. The Morgan fingerprint density at radius 1 is 1.30 bits per heavy atom. The van der Waals surface area contributed by atoms with Gasteiger partial charge in [-0.3, -0.25) is 19.1 Å². The van der Waals surface area contributed by atoms with Crippen LogP contribution in [-0.2, 0) is 26.4 Å². The van der Waals surface area contributed by atoms with E-state index in [0.717, 1.165) is 28.4 Å². The van der Waals surface area contributed by atoms with Crippen molar-refractivity contribution in [2.45, 2.75) is 38.2 Å². The maximum absolute atomic E-state index is 12.9. The van der Waals surface area contributed by atoms with Crippen molar-refractivity contribution in [3.8, 4) is 11.3 Å². The highest BCUT2D eigenvalue weighted by atomic mass is 19.4. The molecule has 3 aromatic rings. The second-order valence-corrected chi connectivity index (χ2v) is 7.08. The fourth-order valence-corrected chi connectivity index (χ4v) is 3.55. The number of rotatable bonds is 4. The molecule has 30 heavy (non-hydrogen) atoms. The molecule has 8 nitrogen and oxygen atoms in total. The lowest BCUT2D eigenvalue weighted by molar-refractivity contribution is -0.141. The van der Waals surface area contributed by atoms with E-state index in [1.54, 1.807) is 23.0 Å². The van der Waals surface area contributed by atoms with Gasteiger partial charge >= 0.3 is 6.18 Å². The van der Waals surface area contributed by atoms with Crippen LogP contribution in [0.4, 0.5) is 13.2 Å². The highest BCUT2D eigenvalue weighted by molar-refractivity contribution is 5.93. The van der Waals surface area contributed by atoms with Crippen LogP contribution in [-0.4, -0.2) is 35.6 Å². The summed E-state index contributed by atoms with van der Waals surface area (Å²) in [5, 5.41) is 20.0. The van der Waals surface area contributed by atoms with Gasteiger partial charge in [0, 0.05) is 31.4 Å². The van der Waals surface area contributed by atoms with Crippen LogP contribution in [0.5, 0.6) is 0 Å². The van der Waals surface area contributed by atoms with Crippen LogP contribution in [0.2, 0.25) is 0 Å². The van der Waals surface area contributed by atoms with Crippen molar-refractivity contribution in [1.29, 1.82) is 0 Å². The second-order valence-electron chi connectivity index (χ2n) is 7.08. The van der Waals surface area contributed by atoms with E-state index in [2.05, 4.69) is 20.5 Å². The van der Waals surface area contributed by atoms with E-state index in [0.29, 0.717) is 24.4 Å². The number of alkyl halides is 3.